The van der Waals surface area contributed by atoms with Crippen molar-refractivity contribution in [2.45, 2.75) is 20.3 Å². The number of nitrogens with zero attached hydrogens (tertiary/aromatic N) is 2. The van der Waals surface area contributed by atoms with Crippen LogP contribution in [0.4, 0.5) is 5.69 Å². The van der Waals surface area contributed by atoms with Gasteiger partial charge in [0.05, 0.1) is 12.1 Å². The lowest BCUT2D eigenvalue weighted by Crippen LogP contribution is -2.15. The molecule has 1 aromatic heterocycles. The van der Waals surface area contributed by atoms with Crippen molar-refractivity contribution >= 4 is 27.5 Å². The second-order valence-electron chi connectivity index (χ2n) is 4.50. The number of halogens is 1. The average molecular weight is 322 g/mol. The van der Waals surface area contributed by atoms with E-state index in [4.69, 9.17) is 0 Å². The molecule has 0 bridgehead atoms. The molecule has 0 aliphatic rings. The van der Waals surface area contributed by atoms with E-state index < -0.39 is 0 Å². The van der Waals surface area contributed by atoms with Crippen LogP contribution in [0.2, 0.25) is 0 Å². The fraction of sp³-hybridized carbons (Fsp3) is 0.286. The number of anilines is 1. The molecule has 0 radical (unpaired) electrons. The van der Waals surface area contributed by atoms with E-state index >= 15 is 0 Å². The molecule has 19 heavy (non-hydrogen) atoms. The highest BCUT2D eigenvalue weighted by molar-refractivity contribution is 9.10. The second-order valence-corrected chi connectivity index (χ2v) is 5.42. The molecule has 1 amide bonds. The number of aromatic nitrogens is 2. The van der Waals surface area contributed by atoms with Gasteiger partial charge in [-0.3, -0.25) is 9.48 Å². The first kappa shape index (κ1) is 13.8. The number of rotatable bonds is 3. The van der Waals surface area contributed by atoms with Crippen LogP contribution < -0.4 is 5.32 Å². The van der Waals surface area contributed by atoms with E-state index in [-0.39, 0.29) is 5.91 Å². The normalized spacial score (nSPS) is 10.5. The lowest BCUT2D eigenvalue weighted by atomic mass is 10.1. The van der Waals surface area contributed by atoms with E-state index in [0.717, 1.165) is 27.1 Å². The summed E-state index contributed by atoms with van der Waals surface area (Å²) in [6.45, 7) is 3.90. The van der Waals surface area contributed by atoms with Gasteiger partial charge in [-0.1, -0.05) is 15.9 Å². The number of benzene rings is 1. The molecule has 100 valence electrons. The second kappa shape index (κ2) is 5.57. The Morgan fingerprint density at radius 1 is 1.32 bits per heavy atom. The monoisotopic (exact) mass is 321 g/mol. The minimum atomic E-state index is -0.0264. The van der Waals surface area contributed by atoms with Crippen LogP contribution in [0, 0.1) is 13.8 Å². The van der Waals surface area contributed by atoms with E-state index in [2.05, 4.69) is 26.3 Å². The molecule has 0 spiro atoms. The highest BCUT2D eigenvalue weighted by atomic mass is 79.9. The van der Waals surface area contributed by atoms with E-state index in [1.807, 2.05) is 45.2 Å². The molecule has 0 saturated carbocycles. The standard InChI is InChI=1S/C14H16BrN3O/c1-9-13(10(2)18(3)17-9)8-14(19)16-12-6-4-11(15)5-7-12/h4-7H,8H2,1-3H3,(H,16,19). The molecule has 4 nitrogen and oxygen atoms in total. The van der Waals surface area contributed by atoms with E-state index in [9.17, 15) is 4.79 Å². The molecule has 0 atom stereocenters. The SMILES string of the molecule is Cc1nn(C)c(C)c1CC(=O)Nc1ccc(Br)cc1. The summed E-state index contributed by atoms with van der Waals surface area (Å²) >= 11 is 3.36. The van der Waals surface area contributed by atoms with Crippen molar-refractivity contribution in [3.8, 4) is 0 Å². The summed E-state index contributed by atoms with van der Waals surface area (Å²) in [4.78, 5) is 12.0. The third kappa shape index (κ3) is 3.23. The Kier molecular flexibility index (Phi) is 4.04. The van der Waals surface area contributed by atoms with Crippen molar-refractivity contribution in [1.29, 1.82) is 0 Å². The van der Waals surface area contributed by atoms with Gasteiger partial charge in [0.2, 0.25) is 5.91 Å². The van der Waals surface area contributed by atoms with Crippen molar-refractivity contribution in [3.63, 3.8) is 0 Å². The molecular formula is C14H16BrN3O. The molecule has 2 aromatic rings. The van der Waals surface area contributed by atoms with E-state index in [0.29, 0.717) is 6.42 Å². The maximum Gasteiger partial charge on any atom is 0.228 e. The van der Waals surface area contributed by atoms with Gasteiger partial charge >= 0.3 is 0 Å². The van der Waals surface area contributed by atoms with Gasteiger partial charge in [-0.25, -0.2) is 0 Å². The Hall–Kier alpha value is -1.62. The summed E-state index contributed by atoms with van der Waals surface area (Å²) in [6, 6.07) is 7.53. The number of amides is 1. The largest absolute Gasteiger partial charge is 0.326 e. The molecule has 1 aromatic carbocycles. The number of aryl methyl sites for hydroxylation is 2. The van der Waals surface area contributed by atoms with Gasteiger partial charge in [0.1, 0.15) is 0 Å². The Labute approximate surface area is 120 Å². The molecule has 0 fully saturated rings. The number of nitrogens with one attached hydrogen (secondary N) is 1. The first-order valence-electron chi connectivity index (χ1n) is 6.02. The van der Waals surface area contributed by atoms with Crippen LogP contribution >= 0.6 is 15.9 Å². The Bertz CT molecular complexity index is 602. The van der Waals surface area contributed by atoms with Gasteiger partial charge in [0.25, 0.3) is 0 Å². The van der Waals surface area contributed by atoms with Crippen LogP contribution in [-0.2, 0) is 18.3 Å². The molecule has 2 rings (SSSR count). The molecule has 0 unspecified atom stereocenters. The summed E-state index contributed by atoms with van der Waals surface area (Å²) in [5.41, 5.74) is 3.74. The lowest BCUT2D eigenvalue weighted by molar-refractivity contribution is -0.115. The summed E-state index contributed by atoms with van der Waals surface area (Å²) in [7, 11) is 1.89. The number of hydrogen-bond acceptors (Lipinski definition) is 2. The maximum absolute atomic E-state index is 12.0. The molecule has 0 aliphatic carbocycles. The minimum absolute atomic E-state index is 0.0264. The van der Waals surface area contributed by atoms with Crippen molar-refractivity contribution in [2.24, 2.45) is 7.05 Å². The Balaban J connectivity index is 2.07. The van der Waals surface area contributed by atoms with Gasteiger partial charge in [-0.2, -0.15) is 5.10 Å². The van der Waals surface area contributed by atoms with Crippen LogP contribution in [0.3, 0.4) is 0 Å². The van der Waals surface area contributed by atoms with Crippen molar-refractivity contribution in [3.05, 3.63) is 45.7 Å². The Morgan fingerprint density at radius 2 is 1.95 bits per heavy atom. The molecule has 5 heteroatoms. The number of hydrogen-bond donors (Lipinski definition) is 1. The van der Waals surface area contributed by atoms with Gasteiger partial charge in [0, 0.05) is 28.5 Å². The predicted molar refractivity (Wildman–Crippen MR) is 79.2 cm³/mol. The average Bonchev–Trinajstić information content (AvgIpc) is 2.59. The van der Waals surface area contributed by atoms with Crippen LogP contribution in [0.1, 0.15) is 17.0 Å². The van der Waals surface area contributed by atoms with Gasteiger partial charge < -0.3 is 5.32 Å². The van der Waals surface area contributed by atoms with Crippen molar-refractivity contribution < 1.29 is 4.79 Å². The smallest absolute Gasteiger partial charge is 0.228 e. The van der Waals surface area contributed by atoms with Crippen molar-refractivity contribution in [1.82, 2.24) is 9.78 Å². The molecule has 0 saturated heterocycles. The minimum Gasteiger partial charge on any atom is -0.326 e. The quantitative estimate of drug-likeness (QED) is 0.944. The molecular weight excluding hydrogens is 306 g/mol. The molecule has 1 heterocycles. The third-order valence-corrected chi connectivity index (χ3v) is 3.65. The maximum atomic E-state index is 12.0. The van der Waals surface area contributed by atoms with E-state index in [1.165, 1.54) is 0 Å². The Morgan fingerprint density at radius 3 is 2.47 bits per heavy atom. The lowest BCUT2D eigenvalue weighted by Gasteiger charge is -2.06. The first-order valence-corrected chi connectivity index (χ1v) is 6.81. The summed E-state index contributed by atoms with van der Waals surface area (Å²) in [5.74, 6) is -0.0264. The highest BCUT2D eigenvalue weighted by Crippen LogP contribution is 2.16. The highest BCUT2D eigenvalue weighted by Gasteiger charge is 2.13. The van der Waals surface area contributed by atoms with Gasteiger partial charge in [-0.05, 0) is 38.1 Å². The summed E-state index contributed by atoms with van der Waals surface area (Å²) in [6.07, 6.45) is 0.349. The van der Waals surface area contributed by atoms with E-state index in [1.54, 1.807) is 4.68 Å². The van der Waals surface area contributed by atoms with Gasteiger partial charge in [-0.15, -0.1) is 0 Å². The van der Waals surface area contributed by atoms with Crippen LogP contribution in [0.15, 0.2) is 28.7 Å². The topological polar surface area (TPSA) is 46.9 Å². The van der Waals surface area contributed by atoms with Crippen LogP contribution in [-0.4, -0.2) is 15.7 Å². The summed E-state index contributed by atoms with van der Waals surface area (Å²) < 4.78 is 2.79. The van der Waals surface area contributed by atoms with Gasteiger partial charge in [0.15, 0.2) is 0 Å². The number of carbonyl (C=O) groups is 1. The predicted octanol–water partition coefficient (Wildman–Crippen LogP) is 2.98. The fourth-order valence-corrected chi connectivity index (χ4v) is 2.24. The molecule has 1 N–H and O–H groups in total. The zero-order chi connectivity index (χ0) is 14.0. The third-order valence-electron chi connectivity index (χ3n) is 3.12. The van der Waals surface area contributed by atoms with Crippen LogP contribution in [0.25, 0.3) is 0 Å². The van der Waals surface area contributed by atoms with Crippen molar-refractivity contribution in [2.75, 3.05) is 5.32 Å². The fourth-order valence-electron chi connectivity index (χ4n) is 1.97. The zero-order valence-electron chi connectivity index (χ0n) is 11.2. The molecule has 0 aliphatic heterocycles. The first-order chi connectivity index (χ1) is 8.97. The van der Waals surface area contributed by atoms with Crippen LogP contribution in [0.5, 0.6) is 0 Å². The zero-order valence-corrected chi connectivity index (χ0v) is 12.8. The number of carbonyl (C=O) groups excluding carboxylic acids is 1. The summed E-state index contributed by atoms with van der Waals surface area (Å²) in [5, 5.41) is 7.20.